The van der Waals surface area contributed by atoms with E-state index in [9.17, 15) is 13.6 Å². The second-order valence-electron chi connectivity index (χ2n) is 6.56. The lowest BCUT2D eigenvalue weighted by Gasteiger charge is -2.16. The zero-order chi connectivity index (χ0) is 20.5. The molecular weight excluding hydrogens is 384 g/mol. The van der Waals surface area contributed by atoms with Crippen LogP contribution in [0.1, 0.15) is 18.2 Å². The number of hydrogen-bond acceptors (Lipinski definition) is 6. The van der Waals surface area contributed by atoms with Crippen LogP contribution in [-0.4, -0.2) is 36.8 Å². The van der Waals surface area contributed by atoms with Gasteiger partial charge >= 0.3 is 0 Å². The van der Waals surface area contributed by atoms with Gasteiger partial charge in [0.25, 0.3) is 5.89 Å². The molecule has 1 atom stereocenters. The molecule has 1 unspecified atom stereocenters. The molecule has 1 fully saturated rings. The Morgan fingerprint density at radius 2 is 1.79 bits per heavy atom. The summed E-state index contributed by atoms with van der Waals surface area (Å²) in [7, 11) is 3.07. The molecule has 1 aliphatic heterocycles. The Hall–Kier alpha value is -3.49. The van der Waals surface area contributed by atoms with Crippen molar-refractivity contribution >= 4 is 11.6 Å². The summed E-state index contributed by atoms with van der Waals surface area (Å²) in [4.78, 5) is 18.2. The van der Waals surface area contributed by atoms with Crippen LogP contribution >= 0.6 is 0 Å². The average Bonchev–Trinajstić information content (AvgIpc) is 3.36. The van der Waals surface area contributed by atoms with Gasteiger partial charge < -0.3 is 18.9 Å². The van der Waals surface area contributed by atoms with E-state index >= 15 is 0 Å². The highest BCUT2D eigenvalue weighted by atomic mass is 19.2. The largest absolute Gasteiger partial charge is 0.497 e. The van der Waals surface area contributed by atoms with E-state index in [0.29, 0.717) is 22.9 Å². The van der Waals surface area contributed by atoms with Crippen LogP contribution in [0.15, 0.2) is 40.9 Å². The Labute approximate surface area is 164 Å². The topological polar surface area (TPSA) is 77.7 Å². The van der Waals surface area contributed by atoms with E-state index in [2.05, 4.69) is 10.1 Å². The molecule has 29 heavy (non-hydrogen) atoms. The van der Waals surface area contributed by atoms with Gasteiger partial charge in [-0.05, 0) is 24.3 Å². The normalized spacial score (nSPS) is 16.3. The summed E-state index contributed by atoms with van der Waals surface area (Å²) in [6, 6.07) is 8.53. The van der Waals surface area contributed by atoms with Gasteiger partial charge in [0, 0.05) is 42.3 Å². The minimum Gasteiger partial charge on any atom is -0.497 e. The van der Waals surface area contributed by atoms with Crippen LogP contribution in [-0.2, 0) is 4.79 Å². The summed E-state index contributed by atoms with van der Waals surface area (Å²) in [5.74, 6) is -0.771. The van der Waals surface area contributed by atoms with E-state index in [1.54, 1.807) is 18.2 Å². The molecule has 0 aliphatic carbocycles. The first-order valence-corrected chi connectivity index (χ1v) is 8.81. The van der Waals surface area contributed by atoms with Crippen molar-refractivity contribution in [1.29, 1.82) is 0 Å². The number of amides is 1. The minimum absolute atomic E-state index is 0.138. The fourth-order valence-corrected chi connectivity index (χ4v) is 3.23. The smallest absolute Gasteiger partial charge is 0.258 e. The van der Waals surface area contributed by atoms with Gasteiger partial charge in [-0.25, -0.2) is 8.78 Å². The number of carbonyl (C=O) groups is 1. The SMILES string of the molecule is COc1cc(OC)cc(-c2nc(C3CC(=O)N(c4ccc(F)c(F)c4)C3)no2)c1. The molecule has 3 aromatic rings. The van der Waals surface area contributed by atoms with Crippen molar-refractivity contribution in [1.82, 2.24) is 10.1 Å². The second-order valence-corrected chi connectivity index (χ2v) is 6.56. The summed E-state index contributed by atoms with van der Waals surface area (Å²) in [5, 5.41) is 4.00. The van der Waals surface area contributed by atoms with Gasteiger partial charge in [0.05, 0.1) is 14.2 Å². The van der Waals surface area contributed by atoms with Gasteiger partial charge in [0.2, 0.25) is 5.91 Å². The number of aromatic nitrogens is 2. The molecule has 1 aliphatic rings. The van der Waals surface area contributed by atoms with Crippen LogP contribution in [0.2, 0.25) is 0 Å². The number of nitrogens with zero attached hydrogens (tertiary/aromatic N) is 3. The lowest BCUT2D eigenvalue weighted by atomic mass is 10.1. The standard InChI is InChI=1S/C20H17F2N3O4/c1-27-14-5-11(6-15(9-14)28-2)20-23-19(24-29-20)12-7-18(26)25(10-12)13-3-4-16(21)17(22)8-13/h3-6,8-9,12H,7,10H2,1-2H3. The third-order valence-electron chi connectivity index (χ3n) is 4.75. The predicted molar refractivity (Wildman–Crippen MR) is 98.9 cm³/mol. The molecule has 0 saturated carbocycles. The van der Waals surface area contributed by atoms with Gasteiger partial charge in [0.1, 0.15) is 11.5 Å². The molecule has 4 rings (SSSR count). The zero-order valence-corrected chi connectivity index (χ0v) is 15.7. The number of carbonyl (C=O) groups excluding carboxylic acids is 1. The van der Waals surface area contributed by atoms with Gasteiger partial charge in [-0.2, -0.15) is 4.98 Å². The number of ether oxygens (including phenoxy) is 2. The maximum atomic E-state index is 13.5. The second kappa shape index (κ2) is 7.50. The van der Waals surface area contributed by atoms with Crippen LogP contribution in [0, 0.1) is 11.6 Å². The minimum atomic E-state index is -1.01. The first-order valence-electron chi connectivity index (χ1n) is 8.81. The molecule has 0 bridgehead atoms. The number of halogens is 2. The van der Waals surface area contributed by atoms with Crippen molar-refractivity contribution in [2.24, 2.45) is 0 Å². The van der Waals surface area contributed by atoms with Gasteiger partial charge in [0.15, 0.2) is 17.5 Å². The van der Waals surface area contributed by atoms with E-state index in [4.69, 9.17) is 14.0 Å². The fraction of sp³-hybridized carbons (Fsp3) is 0.250. The number of hydrogen-bond donors (Lipinski definition) is 0. The van der Waals surface area contributed by atoms with Crippen molar-refractivity contribution in [2.45, 2.75) is 12.3 Å². The molecule has 1 saturated heterocycles. The maximum Gasteiger partial charge on any atom is 0.258 e. The molecule has 0 N–H and O–H groups in total. The van der Waals surface area contributed by atoms with E-state index < -0.39 is 11.6 Å². The molecular formula is C20H17F2N3O4. The molecule has 0 radical (unpaired) electrons. The van der Waals surface area contributed by atoms with Gasteiger partial charge in [-0.3, -0.25) is 4.79 Å². The van der Waals surface area contributed by atoms with Crippen LogP contribution in [0.5, 0.6) is 11.5 Å². The van der Waals surface area contributed by atoms with Crippen molar-refractivity contribution in [3.63, 3.8) is 0 Å². The Morgan fingerprint density at radius 1 is 1.07 bits per heavy atom. The highest BCUT2D eigenvalue weighted by Crippen LogP contribution is 2.33. The van der Waals surface area contributed by atoms with E-state index in [1.165, 1.54) is 25.2 Å². The van der Waals surface area contributed by atoms with Crippen molar-refractivity contribution in [3.8, 4) is 23.0 Å². The highest BCUT2D eigenvalue weighted by Gasteiger charge is 2.35. The Balaban J connectivity index is 1.57. The average molecular weight is 401 g/mol. The van der Waals surface area contributed by atoms with Crippen molar-refractivity contribution < 1.29 is 27.6 Å². The summed E-state index contributed by atoms with van der Waals surface area (Å²) in [5.41, 5.74) is 0.902. The van der Waals surface area contributed by atoms with E-state index in [1.807, 2.05) is 0 Å². The van der Waals surface area contributed by atoms with Crippen LogP contribution in [0.4, 0.5) is 14.5 Å². The third-order valence-corrected chi connectivity index (χ3v) is 4.75. The quantitative estimate of drug-likeness (QED) is 0.651. The van der Waals surface area contributed by atoms with Crippen molar-refractivity contribution in [2.75, 3.05) is 25.7 Å². The number of rotatable bonds is 5. The Kier molecular flexibility index (Phi) is 4.87. The van der Waals surface area contributed by atoms with E-state index in [-0.39, 0.29) is 36.4 Å². The number of anilines is 1. The van der Waals surface area contributed by atoms with Crippen LogP contribution < -0.4 is 14.4 Å². The molecule has 9 heteroatoms. The summed E-state index contributed by atoms with van der Waals surface area (Å²) < 4.78 is 42.5. The Morgan fingerprint density at radius 3 is 2.45 bits per heavy atom. The molecule has 1 aromatic heterocycles. The molecule has 7 nitrogen and oxygen atoms in total. The van der Waals surface area contributed by atoms with Gasteiger partial charge in [-0.15, -0.1) is 0 Å². The van der Waals surface area contributed by atoms with Crippen LogP contribution in [0.25, 0.3) is 11.5 Å². The Bertz CT molecular complexity index is 1050. The molecule has 0 spiro atoms. The summed E-state index contributed by atoms with van der Waals surface area (Å²) in [6.07, 6.45) is 0.138. The zero-order valence-electron chi connectivity index (χ0n) is 15.7. The van der Waals surface area contributed by atoms with Crippen molar-refractivity contribution in [3.05, 3.63) is 53.9 Å². The van der Waals surface area contributed by atoms with E-state index in [0.717, 1.165) is 12.1 Å². The number of benzene rings is 2. The summed E-state index contributed by atoms with van der Waals surface area (Å²) >= 11 is 0. The lowest BCUT2D eigenvalue weighted by Crippen LogP contribution is -2.24. The molecule has 2 aromatic carbocycles. The monoisotopic (exact) mass is 401 g/mol. The highest BCUT2D eigenvalue weighted by molar-refractivity contribution is 5.96. The van der Waals surface area contributed by atoms with Crippen LogP contribution in [0.3, 0.4) is 0 Å². The fourth-order valence-electron chi connectivity index (χ4n) is 3.23. The lowest BCUT2D eigenvalue weighted by molar-refractivity contribution is -0.117. The summed E-state index contributed by atoms with van der Waals surface area (Å²) in [6.45, 7) is 0.240. The third kappa shape index (κ3) is 3.63. The first-order chi connectivity index (χ1) is 14.0. The predicted octanol–water partition coefficient (Wildman–Crippen LogP) is 3.55. The molecule has 2 heterocycles. The molecule has 150 valence electrons. The van der Waals surface area contributed by atoms with Gasteiger partial charge in [-0.1, -0.05) is 5.16 Å². The molecule has 1 amide bonds. The number of methoxy groups -OCH3 is 2. The first kappa shape index (κ1) is 18.9. The maximum absolute atomic E-state index is 13.5.